The lowest BCUT2D eigenvalue weighted by Gasteiger charge is -2.09. The van der Waals surface area contributed by atoms with Crippen LogP contribution in [0, 0.1) is 12.7 Å². The second-order valence-corrected chi connectivity index (χ2v) is 5.51. The SMILES string of the molecule is Cc1ccc(S(=O)(=O)NCC(C)N)cc1F.Cl. The first-order valence-corrected chi connectivity index (χ1v) is 6.32. The zero-order valence-electron chi connectivity index (χ0n) is 9.60. The lowest BCUT2D eigenvalue weighted by molar-refractivity contribution is 0.570. The predicted molar refractivity (Wildman–Crippen MR) is 67.2 cm³/mol. The van der Waals surface area contributed by atoms with E-state index in [-0.39, 0.29) is 29.9 Å². The van der Waals surface area contributed by atoms with Crippen LogP contribution in [0.25, 0.3) is 0 Å². The second-order valence-electron chi connectivity index (χ2n) is 3.74. The molecule has 0 bridgehead atoms. The summed E-state index contributed by atoms with van der Waals surface area (Å²) in [4.78, 5) is -0.0868. The fourth-order valence-electron chi connectivity index (χ4n) is 1.07. The summed E-state index contributed by atoms with van der Waals surface area (Å²) < 4.78 is 38.8. The summed E-state index contributed by atoms with van der Waals surface area (Å²) in [5, 5.41) is 0. The molecule has 1 aromatic carbocycles. The van der Waals surface area contributed by atoms with Crippen LogP contribution in [0.5, 0.6) is 0 Å². The van der Waals surface area contributed by atoms with Gasteiger partial charge in [-0.15, -0.1) is 12.4 Å². The number of benzene rings is 1. The molecule has 7 heteroatoms. The molecule has 0 saturated carbocycles. The molecule has 0 saturated heterocycles. The summed E-state index contributed by atoms with van der Waals surface area (Å²) in [6.07, 6.45) is 0. The van der Waals surface area contributed by atoms with E-state index >= 15 is 0 Å². The Morgan fingerprint density at radius 2 is 2.06 bits per heavy atom. The van der Waals surface area contributed by atoms with Gasteiger partial charge in [0, 0.05) is 12.6 Å². The third-order valence-electron chi connectivity index (χ3n) is 2.05. The van der Waals surface area contributed by atoms with Gasteiger partial charge in [-0.1, -0.05) is 6.07 Å². The molecule has 0 aromatic heterocycles. The van der Waals surface area contributed by atoms with Crippen LogP contribution < -0.4 is 10.5 Å². The van der Waals surface area contributed by atoms with Crippen LogP contribution in [-0.2, 0) is 10.0 Å². The van der Waals surface area contributed by atoms with Crippen LogP contribution in [0.4, 0.5) is 4.39 Å². The summed E-state index contributed by atoms with van der Waals surface area (Å²) in [6.45, 7) is 3.37. The van der Waals surface area contributed by atoms with Gasteiger partial charge < -0.3 is 5.73 Å². The molecule has 3 N–H and O–H groups in total. The van der Waals surface area contributed by atoms with Gasteiger partial charge in [0.15, 0.2) is 0 Å². The van der Waals surface area contributed by atoms with Crippen LogP contribution in [0.3, 0.4) is 0 Å². The van der Waals surface area contributed by atoms with Gasteiger partial charge in [0.25, 0.3) is 0 Å². The lowest BCUT2D eigenvalue weighted by Crippen LogP contribution is -2.35. The van der Waals surface area contributed by atoms with Crippen molar-refractivity contribution in [2.75, 3.05) is 6.54 Å². The average Bonchev–Trinajstić information content (AvgIpc) is 2.19. The van der Waals surface area contributed by atoms with Gasteiger partial charge in [0.2, 0.25) is 10.0 Å². The average molecular weight is 283 g/mol. The maximum absolute atomic E-state index is 13.2. The number of hydrogen-bond acceptors (Lipinski definition) is 3. The minimum Gasteiger partial charge on any atom is -0.327 e. The zero-order chi connectivity index (χ0) is 12.3. The smallest absolute Gasteiger partial charge is 0.240 e. The minimum atomic E-state index is -3.66. The number of rotatable bonds is 4. The molecule has 1 unspecified atom stereocenters. The van der Waals surface area contributed by atoms with E-state index in [1.807, 2.05) is 0 Å². The molecule has 0 amide bonds. The first-order chi connectivity index (χ1) is 7.33. The van der Waals surface area contributed by atoms with E-state index in [1.165, 1.54) is 12.1 Å². The van der Waals surface area contributed by atoms with E-state index in [2.05, 4.69) is 4.72 Å². The van der Waals surface area contributed by atoms with Gasteiger partial charge in [-0.25, -0.2) is 17.5 Å². The van der Waals surface area contributed by atoms with Gasteiger partial charge in [0.05, 0.1) is 4.90 Å². The molecule has 4 nitrogen and oxygen atoms in total. The van der Waals surface area contributed by atoms with Gasteiger partial charge >= 0.3 is 0 Å². The molecule has 0 aliphatic carbocycles. The maximum Gasteiger partial charge on any atom is 0.240 e. The molecular weight excluding hydrogens is 267 g/mol. The van der Waals surface area contributed by atoms with Crippen LogP contribution in [-0.4, -0.2) is 21.0 Å². The Bertz CT molecular complexity index is 477. The van der Waals surface area contributed by atoms with Crippen molar-refractivity contribution in [1.29, 1.82) is 0 Å². The highest BCUT2D eigenvalue weighted by molar-refractivity contribution is 7.89. The van der Waals surface area contributed by atoms with Crippen molar-refractivity contribution in [3.8, 4) is 0 Å². The van der Waals surface area contributed by atoms with Crippen molar-refractivity contribution in [3.05, 3.63) is 29.6 Å². The number of aryl methyl sites for hydroxylation is 1. The van der Waals surface area contributed by atoms with Crippen LogP contribution in [0.2, 0.25) is 0 Å². The van der Waals surface area contributed by atoms with E-state index in [4.69, 9.17) is 5.73 Å². The highest BCUT2D eigenvalue weighted by Gasteiger charge is 2.15. The summed E-state index contributed by atoms with van der Waals surface area (Å²) in [6, 6.07) is 3.50. The molecule has 1 atom stereocenters. The molecule has 0 fully saturated rings. The molecule has 0 radical (unpaired) electrons. The highest BCUT2D eigenvalue weighted by Crippen LogP contribution is 2.13. The van der Waals surface area contributed by atoms with Crippen LogP contribution in [0.1, 0.15) is 12.5 Å². The molecule has 0 aliphatic rings. The van der Waals surface area contributed by atoms with Gasteiger partial charge in [-0.05, 0) is 31.5 Å². The van der Waals surface area contributed by atoms with Gasteiger partial charge in [-0.3, -0.25) is 0 Å². The Morgan fingerprint density at radius 3 is 2.53 bits per heavy atom. The van der Waals surface area contributed by atoms with Crippen molar-refractivity contribution >= 4 is 22.4 Å². The number of hydrogen-bond donors (Lipinski definition) is 2. The minimum absolute atomic E-state index is 0. The second kappa shape index (κ2) is 6.30. The third-order valence-corrected chi connectivity index (χ3v) is 3.47. The molecule has 17 heavy (non-hydrogen) atoms. The number of halogens is 2. The Balaban J connectivity index is 0.00000256. The van der Waals surface area contributed by atoms with Crippen LogP contribution in [0.15, 0.2) is 23.1 Å². The first-order valence-electron chi connectivity index (χ1n) is 4.84. The Hall–Kier alpha value is -0.690. The van der Waals surface area contributed by atoms with E-state index < -0.39 is 15.8 Å². The van der Waals surface area contributed by atoms with Crippen molar-refractivity contribution in [2.45, 2.75) is 24.8 Å². The Kier molecular flexibility index (Phi) is 6.04. The Labute approximate surface area is 107 Å². The maximum atomic E-state index is 13.2. The van der Waals surface area contributed by atoms with E-state index in [0.29, 0.717) is 5.56 Å². The zero-order valence-corrected chi connectivity index (χ0v) is 11.2. The van der Waals surface area contributed by atoms with E-state index in [9.17, 15) is 12.8 Å². The fraction of sp³-hybridized carbons (Fsp3) is 0.400. The van der Waals surface area contributed by atoms with Crippen molar-refractivity contribution in [2.24, 2.45) is 5.73 Å². The molecule has 0 spiro atoms. The molecular formula is C10H16ClFN2O2S. The lowest BCUT2D eigenvalue weighted by atomic mass is 10.2. The summed E-state index contributed by atoms with van der Waals surface area (Å²) in [5.41, 5.74) is 5.84. The predicted octanol–water partition coefficient (Wildman–Crippen LogP) is 1.18. The number of sulfonamides is 1. The van der Waals surface area contributed by atoms with Crippen molar-refractivity contribution in [3.63, 3.8) is 0 Å². The topological polar surface area (TPSA) is 72.2 Å². The standard InChI is InChI=1S/C10H15FN2O2S.ClH/c1-7-3-4-9(5-10(7)11)16(14,15)13-6-8(2)12;/h3-5,8,13H,6,12H2,1-2H3;1H. The molecule has 0 aliphatic heterocycles. The van der Waals surface area contributed by atoms with Crippen LogP contribution >= 0.6 is 12.4 Å². The van der Waals surface area contributed by atoms with E-state index in [1.54, 1.807) is 13.8 Å². The van der Waals surface area contributed by atoms with Crippen molar-refractivity contribution in [1.82, 2.24) is 4.72 Å². The largest absolute Gasteiger partial charge is 0.327 e. The van der Waals surface area contributed by atoms with E-state index in [0.717, 1.165) is 6.07 Å². The summed E-state index contributed by atoms with van der Waals surface area (Å²) in [5.74, 6) is -0.538. The molecule has 98 valence electrons. The van der Waals surface area contributed by atoms with Gasteiger partial charge in [0.1, 0.15) is 5.82 Å². The Morgan fingerprint density at radius 1 is 1.47 bits per heavy atom. The quantitative estimate of drug-likeness (QED) is 0.871. The van der Waals surface area contributed by atoms with Gasteiger partial charge in [-0.2, -0.15) is 0 Å². The molecule has 1 rings (SSSR count). The monoisotopic (exact) mass is 282 g/mol. The fourth-order valence-corrected chi connectivity index (χ4v) is 2.22. The number of nitrogens with one attached hydrogen (secondary N) is 1. The normalized spacial score (nSPS) is 12.9. The van der Waals surface area contributed by atoms with Crippen molar-refractivity contribution < 1.29 is 12.8 Å². The summed E-state index contributed by atoms with van der Waals surface area (Å²) >= 11 is 0. The molecule has 0 heterocycles. The number of nitrogens with two attached hydrogens (primary N) is 1. The highest BCUT2D eigenvalue weighted by atomic mass is 35.5. The summed E-state index contributed by atoms with van der Waals surface area (Å²) in [7, 11) is -3.66. The first kappa shape index (κ1) is 16.3. The molecule has 1 aromatic rings. The third kappa shape index (κ3) is 4.59.